The summed E-state index contributed by atoms with van der Waals surface area (Å²) in [5, 5.41) is 9.01. The van der Waals surface area contributed by atoms with Gasteiger partial charge < -0.3 is 14.9 Å². The largest absolute Gasteiger partial charge is 0.480 e. The maximum atomic E-state index is 11.0. The van der Waals surface area contributed by atoms with Crippen LogP contribution in [0.1, 0.15) is 13.8 Å². The molecule has 1 atom stereocenters. The van der Waals surface area contributed by atoms with Gasteiger partial charge in [-0.1, -0.05) is 0 Å². The van der Waals surface area contributed by atoms with Gasteiger partial charge in [-0.05, 0) is 13.8 Å². The highest BCUT2D eigenvalue weighted by Crippen LogP contribution is 2.44. The molecule has 0 saturated carbocycles. The van der Waals surface area contributed by atoms with Crippen molar-refractivity contribution in [3.63, 3.8) is 0 Å². The van der Waals surface area contributed by atoms with Crippen molar-refractivity contribution in [2.75, 3.05) is 12.2 Å². The van der Waals surface area contributed by atoms with Gasteiger partial charge in [0.15, 0.2) is 0 Å². The van der Waals surface area contributed by atoms with E-state index in [1.165, 1.54) is 16.7 Å². The fraction of sp³-hybridized carbons (Fsp3) is 0.857. The summed E-state index contributed by atoms with van der Waals surface area (Å²) >= 11 is 1.39. The monoisotopic (exact) mass is 255 g/mol. The molecule has 8 heteroatoms. The van der Waals surface area contributed by atoms with Gasteiger partial charge in [0.05, 0.1) is 0 Å². The average Bonchev–Trinajstić information content (AvgIpc) is 2.22. The second-order valence-corrected chi connectivity index (χ2v) is 7.22. The standard InChI is InChI=1S/C7H14NO5PS/c1-7(2)5(6(9)10)8(4-15-7)3-14(11,12)13/h5H,3-4H2,1-2H3,(H,9,10)(H2,11,12,13). The van der Waals surface area contributed by atoms with E-state index in [0.29, 0.717) is 5.88 Å². The Morgan fingerprint density at radius 1 is 1.60 bits per heavy atom. The number of thioether (sulfide) groups is 1. The summed E-state index contributed by atoms with van der Waals surface area (Å²) in [6.07, 6.45) is -0.500. The van der Waals surface area contributed by atoms with Gasteiger partial charge in [-0.3, -0.25) is 14.3 Å². The molecule has 1 aliphatic rings. The molecule has 1 rings (SSSR count). The van der Waals surface area contributed by atoms with E-state index in [4.69, 9.17) is 14.9 Å². The van der Waals surface area contributed by atoms with Crippen molar-refractivity contribution in [2.24, 2.45) is 0 Å². The molecule has 0 spiro atoms. The molecule has 88 valence electrons. The topological polar surface area (TPSA) is 98.1 Å². The smallest absolute Gasteiger partial charge is 0.339 e. The van der Waals surface area contributed by atoms with E-state index in [1.54, 1.807) is 13.8 Å². The van der Waals surface area contributed by atoms with Gasteiger partial charge >= 0.3 is 13.6 Å². The Labute approximate surface area is 91.8 Å². The van der Waals surface area contributed by atoms with Gasteiger partial charge in [0.1, 0.15) is 12.3 Å². The van der Waals surface area contributed by atoms with Crippen LogP contribution in [0.4, 0.5) is 0 Å². The number of rotatable bonds is 3. The predicted octanol–water partition coefficient (Wildman–Crippen LogP) is 0.360. The average molecular weight is 255 g/mol. The van der Waals surface area contributed by atoms with Crippen LogP contribution in [0.3, 0.4) is 0 Å². The first kappa shape index (κ1) is 13.0. The number of carbonyl (C=O) groups is 1. The first-order valence-corrected chi connectivity index (χ1v) is 7.07. The lowest BCUT2D eigenvalue weighted by atomic mass is 10.0. The number of carboxylic acids is 1. The van der Waals surface area contributed by atoms with Crippen molar-refractivity contribution in [1.29, 1.82) is 0 Å². The van der Waals surface area contributed by atoms with Crippen molar-refractivity contribution < 1.29 is 24.3 Å². The van der Waals surface area contributed by atoms with E-state index in [0.717, 1.165) is 0 Å². The third-order valence-electron chi connectivity index (χ3n) is 2.23. The maximum Gasteiger partial charge on any atom is 0.339 e. The van der Waals surface area contributed by atoms with Gasteiger partial charge in [0.2, 0.25) is 0 Å². The summed E-state index contributed by atoms with van der Waals surface area (Å²) in [4.78, 5) is 29.9. The molecule has 0 aliphatic carbocycles. The van der Waals surface area contributed by atoms with Gasteiger partial charge in [-0.25, -0.2) is 0 Å². The van der Waals surface area contributed by atoms with Crippen LogP contribution in [-0.2, 0) is 9.36 Å². The Balaban J connectivity index is 2.84. The number of aliphatic carboxylic acids is 1. The van der Waals surface area contributed by atoms with Crippen molar-refractivity contribution >= 4 is 25.3 Å². The number of hydrogen-bond acceptors (Lipinski definition) is 4. The lowest BCUT2D eigenvalue weighted by molar-refractivity contribution is -0.143. The molecule has 0 amide bonds. The molecule has 0 radical (unpaired) electrons. The molecular weight excluding hydrogens is 241 g/mol. The maximum absolute atomic E-state index is 11.0. The number of carboxylic acid groups (broad SMARTS) is 1. The van der Waals surface area contributed by atoms with Crippen molar-refractivity contribution in [3.05, 3.63) is 0 Å². The minimum Gasteiger partial charge on any atom is -0.480 e. The Morgan fingerprint density at radius 2 is 2.13 bits per heavy atom. The van der Waals surface area contributed by atoms with E-state index < -0.39 is 30.6 Å². The quantitative estimate of drug-likeness (QED) is 0.626. The van der Waals surface area contributed by atoms with Crippen LogP contribution in [-0.4, -0.2) is 48.7 Å². The van der Waals surface area contributed by atoms with Gasteiger partial charge in [-0.15, -0.1) is 11.8 Å². The fourth-order valence-corrected chi connectivity index (χ4v) is 3.67. The van der Waals surface area contributed by atoms with E-state index in [1.807, 2.05) is 0 Å². The molecule has 0 aromatic carbocycles. The lowest BCUT2D eigenvalue weighted by Crippen LogP contribution is -2.46. The zero-order valence-electron chi connectivity index (χ0n) is 8.45. The van der Waals surface area contributed by atoms with Crippen LogP contribution in [0.5, 0.6) is 0 Å². The Hall–Kier alpha value is -0.0700. The predicted molar refractivity (Wildman–Crippen MR) is 56.7 cm³/mol. The SMILES string of the molecule is CC1(C)SCN(CP(=O)(O)O)C1C(=O)O. The third kappa shape index (κ3) is 3.19. The highest BCUT2D eigenvalue weighted by Gasteiger charge is 2.47. The Bertz CT molecular complexity index is 315. The van der Waals surface area contributed by atoms with Crippen LogP contribution in [0.25, 0.3) is 0 Å². The van der Waals surface area contributed by atoms with Gasteiger partial charge in [-0.2, -0.15) is 0 Å². The summed E-state index contributed by atoms with van der Waals surface area (Å²) in [5.74, 6) is -0.715. The highest BCUT2D eigenvalue weighted by molar-refractivity contribution is 8.00. The second-order valence-electron chi connectivity index (χ2n) is 4.01. The van der Waals surface area contributed by atoms with E-state index >= 15 is 0 Å². The van der Waals surface area contributed by atoms with Crippen LogP contribution in [0.2, 0.25) is 0 Å². The minimum atomic E-state index is -4.20. The van der Waals surface area contributed by atoms with Crippen molar-refractivity contribution in [1.82, 2.24) is 4.90 Å². The Kier molecular flexibility index (Phi) is 3.52. The summed E-state index contributed by atoms with van der Waals surface area (Å²) in [7, 11) is -4.20. The summed E-state index contributed by atoms with van der Waals surface area (Å²) in [5.41, 5.74) is 0. The van der Waals surface area contributed by atoms with E-state index in [2.05, 4.69) is 0 Å². The fourth-order valence-electron chi connectivity index (χ4n) is 1.66. The molecule has 0 bridgehead atoms. The van der Waals surface area contributed by atoms with E-state index in [-0.39, 0.29) is 0 Å². The molecule has 1 unspecified atom stereocenters. The van der Waals surface area contributed by atoms with Gasteiger partial charge in [0, 0.05) is 10.6 Å². The molecule has 1 heterocycles. The van der Waals surface area contributed by atoms with Crippen LogP contribution in [0, 0.1) is 0 Å². The van der Waals surface area contributed by atoms with E-state index in [9.17, 15) is 9.36 Å². The van der Waals surface area contributed by atoms with Crippen LogP contribution in [0.15, 0.2) is 0 Å². The van der Waals surface area contributed by atoms with Crippen LogP contribution < -0.4 is 0 Å². The summed E-state index contributed by atoms with van der Waals surface area (Å²) in [6.45, 7) is 3.52. The minimum absolute atomic E-state index is 0.328. The number of nitrogens with zero attached hydrogens (tertiary/aromatic N) is 1. The van der Waals surface area contributed by atoms with Crippen LogP contribution >= 0.6 is 19.4 Å². The molecular formula is C7H14NO5PS. The molecule has 15 heavy (non-hydrogen) atoms. The lowest BCUT2D eigenvalue weighted by Gasteiger charge is -2.27. The summed E-state index contributed by atoms with van der Waals surface area (Å²) in [6, 6.07) is -0.852. The second kappa shape index (κ2) is 4.07. The third-order valence-corrected chi connectivity index (χ3v) is 4.39. The molecule has 6 nitrogen and oxygen atoms in total. The molecule has 1 saturated heterocycles. The first-order chi connectivity index (χ1) is 6.63. The molecule has 0 aromatic heterocycles. The zero-order valence-corrected chi connectivity index (χ0v) is 10.2. The molecule has 1 fully saturated rings. The Morgan fingerprint density at radius 3 is 2.53 bits per heavy atom. The normalized spacial score (nSPS) is 26.8. The highest BCUT2D eigenvalue weighted by atomic mass is 32.2. The molecule has 3 N–H and O–H groups in total. The van der Waals surface area contributed by atoms with Gasteiger partial charge in [0.25, 0.3) is 0 Å². The number of hydrogen-bond donors (Lipinski definition) is 3. The van der Waals surface area contributed by atoms with Crippen molar-refractivity contribution in [2.45, 2.75) is 24.6 Å². The zero-order chi connectivity index (χ0) is 11.9. The van der Waals surface area contributed by atoms with Crippen molar-refractivity contribution in [3.8, 4) is 0 Å². The molecule has 1 aliphatic heterocycles. The first-order valence-electron chi connectivity index (χ1n) is 4.29. The summed E-state index contributed by atoms with van der Waals surface area (Å²) < 4.78 is 10.3. The molecule has 0 aromatic rings.